The summed E-state index contributed by atoms with van der Waals surface area (Å²) < 4.78 is 0. The van der Waals surface area contributed by atoms with Crippen LogP contribution in [-0.2, 0) is 6.42 Å². The highest BCUT2D eigenvalue weighted by Crippen LogP contribution is 2.36. The fourth-order valence-electron chi connectivity index (χ4n) is 3.64. The molecule has 0 aromatic heterocycles. The highest BCUT2D eigenvalue weighted by molar-refractivity contribution is 5.57. The Morgan fingerprint density at radius 2 is 1.89 bits per heavy atom. The van der Waals surface area contributed by atoms with Crippen molar-refractivity contribution in [3.63, 3.8) is 0 Å². The summed E-state index contributed by atoms with van der Waals surface area (Å²) in [6.45, 7) is 12.5. The molecule has 2 rings (SSSR count). The van der Waals surface area contributed by atoms with E-state index in [1.54, 1.807) is 0 Å². The molecule has 1 aliphatic rings. The summed E-state index contributed by atoms with van der Waals surface area (Å²) in [6.07, 6.45) is 1.18. The van der Waals surface area contributed by atoms with E-state index in [4.69, 9.17) is 5.73 Å². The van der Waals surface area contributed by atoms with Crippen LogP contribution in [0.5, 0.6) is 0 Å². The van der Waals surface area contributed by atoms with Crippen molar-refractivity contribution in [1.29, 1.82) is 0 Å². The molecule has 1 aliphatic heterocycles. The molecule has 0 radical (unpaired) electrons. The number of hydrogen-bond acceptors (Lipinski definition) is 2. The summed E-state index contributed by atoms with van der Waals surface area (Å²) in [5, 5.41) is 0. The van der Waals surface area contributed by atoms with Crippen molar-refractivity contribution in [3.05, 3.63) is 29.8 Å². The van der Waals surface area contributed by atoms with Gasteiger partial charge in [0.1, 0.15) is 0 Å². The minimum Gasteiger partial charge on any atom is -0.366 e. The van der Waals surface area contributed by atoms with Gasteiger partial charge < -0.3 is 10.6 Å². The monoisotopic (exact) mass is 260 g/mol. The summed E-state index contributed by atoms with van der Waals surface area (Å²) in [7, 11) is 0. The molecule has 2 N–H and O–H groups in total. The van der Waals surface area contributed by atoms with Gasteiger partial charge in [-0.2, -0.15) is 0 Å². The molecule has 2 heteroatoms. The highest BCUT2D eigenvalue weighted by Gasteiger charge is 2.36. The lowest BCUT2D eigenvalue weighted by molar-refractivity contribution is 0.261. The second-order valence-electron chi connectivity index (χ2n) is 7.26. The Morgan fingerprint density at radius 1 is 1.26 bits per heavy atom. The summed E-state index contributed by atoms with van der Waals surface area (Å²) in [4.78, 5) is 2.55. The van der Waals surface area contributed by atoms with E-state index < -0.39 is 0 Å². The maximum absolute atomic E-state index is 6.31. The smallest absolute Gasteiger partial charge is 0.0486 e. The molecule has 0 bridgehead atoms. The quantitative estimate of drug-likeness (QED) is 0.882. The molecule has 3 unspecified atom stereocenters. The minimum atomic E-state index is 0.165. The molecule has 3 atom stereocenters. The van der Waals surface area contributed by atoms with Crippen molar-refractivity contribution in [2.75, 3.05) is 11.4 Å². The molecule has 0 fully saturated rings. The third-order valence-electron chi connectivity index (χ3n) is 4.10. The van der Waals surface area contributed by atoms with Gasteiger partial charge in [0.05, 0.1) is 0 Å². The normalized spacial score (nSPS) is 22.8. The Labute approximate surface area is 118 Å². The zero-order chi connectivity index (χ0) is 14.2. The van der Waals surface area contributed by atoms with E-state index in [0.29, 0.717) is 12.0 Å². The zero-order valence-corrected chi connectivity index (χ0v) is 13.0. The molecule has 0 saturated carbocycles. The van der Waals surface area contributed by atoms with Crippen LogP contribution in [0.15, 0.2) is 24.3 Å². The molecule has 0 spiro atoms. The van der Waals surface area contributed by atoms with Crippen molar-refractivity contribution in [2.45, 2.75) is 53.1 Å². The largest absolute Gasteiger partial charge is 0.366 e. The first-order valence-electron chi connectivity index (χ1n) is 7.41. The molecule has 1 aromatic carbocycles. The Balaban J connectivity index is 2.43. The predicted molar refractivity (Wildman–Crippen MR) is 83.5 cm³/mol. The molecule has 1 heterocycles. The fourth-order valence-corrected chi connectivity index (χ4v) is 3.64. The van der Waals surface area contributed by atoms with Gasteiger partial charge in [0, 0.05) is 24.3 Å². The third-order valence-corrected chi connectivity index (χ3v) is 4.10. The van der Waals surface area contributed by atoms with Crippen LogP contribution in [0.25, 0.3) is 0 Å². The molecule has 0 saturated heterocycles. The fraction of sp³-hybridized carbons (Fsp3) is 0.647. The standard InChI is InChI=1S/C17H28N2/c1-12-10-14-8-6-7-9-15(14)19(11-12)16(13(2)18)17(3,4)5/h6-9,12-13,16H,10-11,18H2,1-5H3. The van der Waals surface area contributed by atoms with Crippen molar-refractivity contribution >= 4 is 5.69 Å². The number of anilines is 1. The van der Waals surface area contributed by atoms with Gasteiger partial charge in [0.25, 0.3) is 0 Å². The number of fused-ring (bicyclic) bond motifs is 1. The van der Waals surface area contributed by atoms with Crippen LogP contribution < -0.4 is 10.6 Å². The minimum absolute atomic E-state index is 0.165. The first-order valence-corrected chi connectivity index (χ1v) is 7.41. The number of para-hydroxylation sites is 1. The van der Waals surface area contributed by atoms with Gasteiger partial charge in [-0.05, 0) is 36.3 Å². The van der Waals surface area contributed by atoms with Crippen molar-refractivity contribution in [2.24, 2.45) is 17.1 Å². The van der Waals surface area contributed by atoms with Gasteiger partial charge in [0.2, 0.25) is 0 Å². The third kappa shape index (κ3) is 2.94. The topological polar surface area (TPSA) is 29.3 Å². The SMILES string of the molecule is CC1Cc2ccccc2N(C(C(C)N)C(C)(C)C)C1. The molecule has 2 nitrogen and oxygen atoms in total. The van der Waals surface area contributed by atoms with Gasteiger partial charge in [0.15, 0.2) is 0 Å². The lowest BCUT2D eigenvalue weighted by atomic mass is 9.79. The lowest BCUT2D eigenvalue weighted by Crippen LogP contribution is -2.56. The Bertz CT molecular complexity index is 431. The lowest BCUT2D eigenvalue weighted by Gasteiger charge is -2.47. The Hall–Kier alpha value is -1.02. The number of benzene rings is 1. The van der Waals surface area contributed by atoms with Crippen LogP contribution in [0.2, 0.25) is 0 Å². The van der Waals surface area contributed by atoms with E-state index in [1.165, 1.54) is 17.7 Å². The van der Waals surface area contributed by atoms with Gasteiger partial charge in [-0.25, -0.2) is 0 Å². The van der Waals surface area contributed by atoms with E-state index >= 15 is 0 Å². The van der Waals surface area contributed by atoms with Gasteiger partial charge >= 0.3 is 0 Å². The van der Waals surface area contributed by atoms with Crippen LogP contribution >= 0.6 is 0 Å². The average Bonchev–Trinajstić information content (AvgIpc) is 2.26. The van der Waals surface area contributed by atoms with Crippen molar-refractivity contribution in [3.8, 4) is 0 Å². The van der Waals surface area contributed by atoms with Gasteiger partial charge in [-0.3, -0.25) is 0 Å². The van der Waals surface area contributed by atoms with Crippen LogP contribution in [-0.4, -0.2) is 18.6 Å². The number of nitrogens with two attached hydrogens (primary N) is 1. The van der Waals surface area contributed by atoms with Crippen LogP contribution in [0.1, 0.15) is 40.2 Å². The highest BCUT2D eigenvalue weighted by atomic mass is 15.2. The maximum Gasteiger partial charge on any atom is 0.0486 e. The zero-order valence-electron chi connectivity index (χ0n) is 13.0. The number of hydrogen-bond donors (Lipinski definition) is 1. The predicted octanol–water partition coefficient (Wildman–Crippen LogP) is 3.45. The summed E-state index contributed by atoms with van der Waals surface area (Å²) in [5.41, 5.74) is 9.35. The van der Waals surface area contributed by atoms with E-state index in [2.05, 4.69) is 63.8 Å². The molecule has 0 amide bonds. The molecule has 19 heavy (non-hydrogen) atoms. The Kier molecular flexibility index (Phi) is 3.91. The summed E-state index contributed by atoms with van der Waals surface area (Å²) in [6, 6.07) is 9.34. The van der Waals surface area contributed by atoms with Crippen molar-refractivity contribution < 1.29 is 0 Å². The van der Waals surface area contributed by atoms with Crippen LogP contribution in [0.4, 0.5) is 5.69 Å². The van der Waals surface area contributed by atoms with Crippen molar-refractivity contribution in [1.82, 2.24) is 0 Å². The molecular formula is C17H28N2. The molecular weight excluding hydrogens is 232 g/mol. The second kappa shape index (κ2) is 5.16. The van der Waals surface area contributed by atoms with Gasteiger partial charge in [-0.15, -0.1) is 0 Å². The molecule has 0 aliphatic carbocycles. The average molecular weight is 260 g/mol. The number of nitrogens with zero attached hydrogens (tertiary/aromatic N) is 1. The van der Waals surface area contributed by atoms with Gasteiger partial charge in [-0.1, -0.05) is 45.9 Å². The summed E-state index contributed by atoms with van der Waals surface area (Å²) >= 11 is 0. The first kappa shape index (κ1) is 14.4. The van der Waals surface area contributed by atoms with E-state index in [9.17, 15) is 0 Å². The maximum atomic E-state index is 6.31. The first-order chi connectivity index (χ1) is 8.80. The summed E-state index contributed by atoms with van der Waals surface area (Å²) in [5.74, 6) is 0.693. The van der Waals surface area contributed by atoms with E-state index in [1.807, 2.05) is 0 Å². The molecule has 106 valence electrons. The van der Waals surface area contributed by atoms with E-state index in [0.717, 1.165) is 6.54 Å². The molecule has 1 aromatic rings. The van der Waals surface area contributed by atoms with E-state index in [-0.39, 0.29) is 11.5 Å². The Morgan fingerprint density at radius 3 is 2.47 bits per heavy atom. The number of rotatable bonds is 2. The van der Waals surface area contributed by atoms with Crippen LogP contribution in [0, 0.1) is 11.3 Å². The second-order valence-corrected chi connectivity index (χ2v) is 7.26. The van der Waals surface area contributed by atoms with Crippen LogP contribution in [0.3, 0.4) is 0 Å².